The number of β-lactam (4-membered cyclic amide) rings is 1. The van der Waals surface area contributed by atoms with Crippen LogP contribution >= 0.6 is 34.4 Å². The molecule has 0 bridgehead atoms. The number of amides is 2. The molecule has 2 amide bonds. The molecule has 1 N–H and O–H groups in total. The molecule has 0 radical (unpaired) electrons. The number of alkyl halides is 1. The maximum Gasteiger partial charge on any atom is 0.355 e. The van der Waals surface area contributed by atoms with E-state index >= 15 is 0 Å². The quantitative estimate of drug-likeness (QED) is 0.115. The molecule has 2 aliphatic heterocycles. The summed E-state index contributed by atoms with van der Waals surface area (Å²) < 4.78 is 11.4. The molecule has 2 aromatic rings. The van der Waals surface area contributed by atoms with Gasteiger partial charge in [-0.3, -0.25) is 24.6 Å². The van der Waals surface area contributed by atoms with Crippen LogP contribution in [0.3, 0.4) is 0 Å². The van der Waals surface area contributed by atoms with Gasteiger partial charge >= 0.3 is 5.97 Å². The van der Waals surface area contributed by atoms with Crippen LogP contribution in [0, 0.1) is 10.1 Å². The van der Waals surface area contributed by atoms with E-state index in [1.807, 2.05) is 6.07 Å². The molecule has 2 aliphatic rings. The van der Waals surface area contributed by atoms with Crippen molar-refractivity contribution in [2.24, 2.45) is 0 Å². The molecule has 0 aliphatic carbocycles. The smallest absolute Gasteiger partial charge is 0.355 e. The van der Waals surface area contributed by atoms with Crippen LogP contribution in [0.15, 0.2) is 65.9 Å². The fourth-order valence-corrected chi connectivity index (χ4v) is 5.93. The standard InChI is InChI=1S/C23H20IN3O7S/c24-10-15-13-35-22-19(25-18(28)12-33-17-4-2-1-3-5-17)21(29)26(22)20(15)23(30)34-11-14-6-8-16(9-7-14)27(31)32/h1-9,19,22H,10-13H2,(H,25,28)/t19?,22-/m1/s1. The van der Waals surface area contributed by atoms with Gasteiger partial charge in [0.05, 0.1) is 4.92 Å². The summed E-state index contributed by atoms with van der Waals surface area (Å²) in [5.74, 6) is -0.403. The van der Waals surface area contributed by atoms with Crippen LogP contribution in [0.5, 0.6) is 5.75 Å². The number of para-hydroxylation sites is 1. The lowest BCUT2D eigenvalue weighted by atomic mass is 10.0. The van der Waals surface area contributed by atoms with E-state index < -0.39 is 28.2 Å². The number of ether oxygens (including phenoxy) is 2. The van der Waals surface area contributed by atoms with E-state index in [0.717, 1.165) is 5.57 Å². The number of hydrogen-bond acceptors (Lipinski definition) is 8. The first-order valence-electron chi connectivity index (χ1n) is 10.5. The fourth-order valence-electron chi connectivity index (χ4n) is 3.59. The maximum absolute atomic E-state index is 12.9. The first-order chi connectivity index (χ1) is 16.9. The number of benzene rings is 2. The Balaban J connectivity index is 1.37. The largest absolute Gasteiger partial charge is 0.484 e. The summed E-state index contributed by atoms with van der Waals surface area (Å²) in [6.07, 6.45) is 0. The maximum atomic E-state index is 12.9. The van der Waals surface area contributed by atoms with Gasteiger partial charge in [-0.1, -0.05) is 40.8 Å². The zero-order valence-electron chi connectivity index (χ0n) is 18.2. The van der Waals surface area contributed by atoms with E-state index in [9.17, 15) is 24.5 Å². The van der Waals surface area contributed by atoms with E-state index in [0.29, 0.717) is 21.5 Å². The summed E-state index contributed by atoms with van der Waals surface area (Å²) in [7, 11) is 0. The number of carbonyl (C=O) groups is 3. The Kier molecular flexibility index (Phi) is 7.90. The molecule has 182 valence electrons. The SMILES string of the molecule is O=C(COc1ccccc1)NC1C(=O)N2C(C(=O)OCc3ccc([N+](=O)[O-])cc3)=C(CI)CS[C@H]12. The molecule has 1 saturated heterocycles. The normalized spacial score (nSPS) is 18.9. The molecule has 0 aromatic heterocycles. The average Bonchev–Trinajstić information content (AvgIpc) is 2.88. The minimum Gasteiger partial charge on any atom is -0.484 e. The van der Waals surface area contributed by atoms with E-state index in [1.165, 1.54) is 40.9 Å². The number of nitrogens with zero attached hydrogens (tertiary/aromatic N) is 2. The second-order valence-corrected chi connectivity index (χ2v) is 9.51. The Morgan fingerprint density at radius 2 is 1.89 bits per heavy atom. The summed E-state index contributed by atoms with van der Waals surface area (Å²) in [5, 5.41) is 13.1. The Morgan fingerprint density at radius 3 is 2.54 bits per heavy atom. The van der Waals surface area contributed by atoms with E-state index in [-0.39, 0.29) is 30.5 Å². The summed E-state index contributed by atoms with van der Waals surface area (Å²) in [4.78, 5) is 49.8. The van der Waals surface area contributed by atoms with Crippen molar-refractivity contribution in [1.82, 2.24) is 10.2 Å². The molecule has 1 fully saturated rings. The molecule has 2 atom stereocenters. The van der Waals surface area contributed by atoms with Gasteiger partial charge in [0.25, 0.3) is 17.5 Å². The number of nitro groups is 1. The third kappa shape index (κ3) is 5.59. The van der Waals surface area contributed by atoms with Gasteiger partial charge in [-0.15, -0.1) is 11.8 Å². The number of nitrogens with one attached hydrogen (secondary N) is 1. The number of thioether (sulfide) groups is 1. The molecule has 10 nitrogen and oxygen atoms in total. The zero-order chi connectivity index (χ0) is 24.9. The molecule has 12 heteroatoms. The summed E-state index contributed by atoms with van der Waals surface area (Å²) >= 11 is 3.60. The lowest BCUT2D eigenvalue weighted by Crippen LogP contribution is -2.71. The minimum absolute atomic E-state index is 0.0597. The predicted octanol–water partition coefficient (Wildman–Crippen LogP) is 2.81. The number of esters is 1. The fraction of sp³-hybridized carbons (Fsp3) is 0.261. The second kappa shape index (κ2) is 11.1. The van der Waals surface area contributed by atoms with Gasteiger partial charge in [-0.2, -0.15) is 0 Å². The Bertz CT molecular complexity index is 1170. The number of nitro benzene ring substituents is 1. The number of halogens is 1. The third-order valence-corrected chi connectivity index (χ3v) is 7.61. The highest BCUT2D eigenvalue weighted by Gasteiger charge is 2.54. The number of fused-ring (bicyclic) bond motifs is 1. The van der Waals surface area contributed by atoms with Crippen LogP contribution in [0.25, 0.3) is 0 Å². The first-order valence-corrected chi connectivity index (χ1v) is 13.1. The van der Waals surface area contributed by atoms with Gasteiger partial charge in [-0.25, -0.2) is 4.79 Å². The number of hydrogen-bond donors (Lipinski definition) is 1. The molecule has 2 heterocycles. The van der Waals surface area contributed by atoms with Crippen molar-refractivity contribution in [2.75, 3.05) is 16.8 Å². The highest BCUT2D eigenvalue weighted by molar-refractivity contribution is 14.1. The monoisotopic (exact) mass is 609 g/mol. The topological polar surface area (TPSA) is 128 Å². The zero-order valence-corrected chi connectivity index (χ0v) is 21.2. The van der Waals surface area contributed by atoms with Crippen molar-refractivity contribution < 1.29 is 28.8 Å². The average molecular weight is 609 g/mol. The van der Waals surface area contributed by atoms with Gasteiger partial charge in [0, 0.05) is 22.3 Å². The lowest BCUT2D eigenvalue weighted by Gasteiger charge is -2.49. The van der Waals surface area contributed by atoms with Gasteiger partial charge in [-0.05, 0) is 35.4 Å². The van der Waals surface area contributed by atoms with E-state index in [4.69, 9.17) is 9.47 Å². The van der Waals surface area contributed by atoms with E-state index in [2.05, 4.69) is 27.9 Å². The lowest BCUT2D eigenvalue weighted by molar-refractivity contribution is -0.384. The molecule has 0 saturated carbocycles. The molecular weight excluding hydrogens is 589 g/mol. The number of carbonyl (C=O) groups excluding carboxylic acids is 3. The Labute approximate surface area is 218 Å². The Morgan fingerprint density at radius 1 is 1.17 bits per heavy atom. The molecule has 0 spiro atoms. The molecular formula is C23H20IN3O7S. The van der Waals surface area contributed by atoms with Gasteiger partial charge in [0.1, 0.15) is 29.5 Å². The van der Waals surface area contributed by atoms with Crippen LogP contribution in [-0.4, -0.2) is 55.8 Å². The number of non-ortho nitro benzene ring substituents is 1. The highest BCUT2D eigenvalue weighted by atomic mass is 127. The van der Waals surface area contributed by atoms with Crippen molar-refractivity contribution >= 4 is 57.8 Å². The van der Waals surface area contributed by atoms with Crippen LogP contribution < -0.4 is 10.1 Å². The third-order valence-electron chi connectivity index (χ3n) is 5.35. The van der Waals surface area contributed by atoms with Crippen molar-refractivity contribution in [3.8, 4) is 5.75 Å². The van der Waals surface area contributed by atoms with Crippen LogP contribution in [0.1, 0.15) is 5.56 Å². The highest BCUT2D eigenvalue weighted by Crippen LogP contribution is 2.41. The first kappa shape index (κ1) is 25.0. The summed E-state index contributed by atoms with van der Waals surface area (Å²) in [6.45, 7) is -0.324. The molecule has 1 unspecified atom stereocenters. The minimum atomic E-state index is -0.764. The Hall–Kier alpha value is -3.13. The van der Waals surface area contributed by atoms with Crippen LogP contribution in [0.4, 0.5) is 5.69 Å². The van der Waals surface area contributed by atoms with Crippen molar-refractivity contribution in [1.29, 1.82) is 0 Å². The molecule has 4 rings (SSSR count). The summed E-state index contributed by atoms with van der Waals surface area (Å²) in [6, 6.07) is 13.8. The predicted molar refractivity (Wildman–Crippen MR) is 136 cm³/mol. The van der Waals surface area contributed by atoms with Gasteiger partial charge in [0.15, 0.2) is 6.61 Å². The molecule has 2 aromatic carbocycles. The number of rotatable bonds is 9. The summed E-state index contributed by atoms with van der Waals surface area (Å²) in [5.41, 5.74) is 1.49. The van der Waals surface area contributed by atoms with Crippen molar-refractivity contribution in [3.63, 3.8) is 0 Å². The van der Waals surface area contributed by atoms with Crippen molar-refractivity contribution in [2.45, 2.75) is 18.0 Å². The second-order valence-electron chi connectivity index (χ2n) is 7.64. The van der Waals surface area contributed by atoms with Gasteiger partial charge < -0.3 is 14.8 Å². The van der Waals surface area contributed by atoms with E-state index in [1.54, 1.807) is 24.3 Å². The van der Waals surface area contributed by atoms with Gasteiger partial charge in [0.2, 0.25) is 0 Å². The van der Waals surface area contributed by atoms with Crippen LogP contribution in [-0.2, 0) is 25.7 Å². The van der Waals surface area contributed by atoms with Crippen molar-refractivity contribution in [3.05, 3.63) is 81.5 Å². The molecule has 35 heavy (non-hydrogen) atoms. The van der Waals surface area contributed by atoms with Crippen LogP contribution in [0.2, 0.25) is 0 Å².